The van der Waals surface area contributed by atoms with Crippen molar-refractivity contribution in [2.75, 3.05) is 13.7 Å². The molecule has 2 aliphatic carbocycles. The van der Waals surface area contributed by atoms with Crippen LogP contribution in [0.25, 0.3) is 0 Å². The summed E-state index contributed by atoms with van der Waals surface area (Å²) in [6.45, 7) is 0.838. The summed E-state index contributed by atoms with van der Waals surface area (Å²) in [4.78, 5) is 0. The van der Waals surface area contributed by atoms with Crippen molar-refractivity contribution in [3.05, 3.63) is 27.7 Å². The zero-order valence-corrected chi connectivity index (χ0v) is 12.9. The minimum absolute atomic E-state index is 0.456. The Balaban J connectivity index is 1.69. The Morgan fingerprint density at radius 1 is 1.26 bits per heavy atom. The maximum atomic E-state index is 5.90. The van der Waals surface area contributed by atoms with Crippen molar-refractivity contribution in [1.29, 1.82) is 0 Å². The SMILES string of the molecule is CNC(c1cc(Br)cc2c1OCC2)C1CC2CC2C1. The van der Waals surface area contributed by atoms with Crippen LogP contribution in [0.3, 0.4) is 0 Å². The molecule has 0 saturated heterocycles. The molecule has 4 rings (SSSR count). The quantitative estimate of drug-likeness (QED) is 0.916. The van der Waals surface area contributed by atoms with Gasteiger partial charge in [0.25, 0.3) is 0 Å². The van der Waals surface area contributed by atoms with E-state index in [4.69, 9.17) is 4.74 Å². The van der Waals surface area contributed by atoms with Crippen molar-refractivity contribution in [2.24, 2.45) is 17.8 Å². The fourth-order valence-corrected chi connectivity index (χ4v) is 4.73. The van der Waals surface area contributed by atoms with Crippen LogP contribution in [0.15, 0.2) is 16.6 Å². The minimum atomic E-state index is 0.456. The van der Waals surface area contributed by atoms with Crippen molar-refractivity contribution >= 4 is 15.9 Å². The van der Waals surface area contributed by atoms with Crippen LogP contribution in [0, 0.1) is 17.8 Å². The van der Waals surface area contributed by atoms with Crippen LogP contribution in [-0.4, -0.2) is 13.7 Å². The summed E-state index contributed by atoms with van der Waals surface area (Å²) in [5.41, 5.74) is 2.74. The van der Waals surface area contributed by atoms with Gasteiger partial charge in [0.05, 0.1) is 6.61 Å². The maximum absolute atomic E-state index is 5.90. The summed E-state index contributed by atoms with van der Waals surface area (Å²) >= 11 is 3.66. The molecule has 102 valence electrons. The Bertz CT molecular complexity index is 506. The zero-order chi connectivity index (χ0) is 13.0. The smallest absolute Gasteiger partial charge is 0.127 e. The lowest BCUT2D eigenvalue weighted by Crippen LogP contribution is -2.25. The highest BCUT2D eigenvalue weighted by Crippen LogP contribution is 2.57. The van der Waals surface area contributed by atoms with Crippen LogP contribution in [0.4, 0.5) is 0 Å². The Morgan fingerprint density at radius 3 is 2.79 bits per heavy atom. The van der Waals surface area contributed by atoms with E-state index in [0.29, 0.717) is 6.04 Å². The number of hydrogen-bond donors (Lipinski definition) is 1. The maximum Gasteiger partial charge on any atom is 0.127 e. The van der Waals surface area contributed by atoms with Gasteiger partial charge in [-0.3, -0.25) is 0 Å². The third kappa shape index (κ3) is 2.02. The van der Waals surface area contributed by atoms with E-state index in [1.165, 1.54) is 34.9 Å². The lowest BCUT2D eigenvalue weighted by atomic mass is 9.88. The molecule has 0 aromatic heterocycles. The van der Waals surface area contributed by atoms with E-state index in [0.717, 1.165) is 36.5 Å². The van der Waals surface area contributed by atoms with Crippen LogP contribution in [-0.2, 0) is 6.42 Å². The van der Waals surface area contributed by atoms with E-state index in [-0.39, 0.29) is 0 Å². The largest absolute Gasteiger partial charge is 0.493 e. The number of benzene rings is 1. The fraction of sp³-hybridized carbons (Fsp3) is 0.625. The van der Waals surface area contributed by atoms with Gasteiger partial charge in [0.2, 0.25) is 0 Å². The Labute approximate surface area is 123 Å². The Hall–Kier alpha value is -0.540. The highest BCUT2D eigenvalue weighted by molar-refractivity contribution is 9.10. The first-order valence-corrected chi connectivity index (χ1v) is 8.18. The number of nitrogens with one attached hydrogen (secondary N) is 1. The predicted octanol–water partition coefficient (Wildman–Crippen LogP) is 3.69. The highest BCUT2D eigenvalue weighted by Gasteiger charge is 2.48. The summed E-state index contributed by atoms with van der Waals surface area (Å²) in [5.74, 6) is 4.00. The van der Waals surface area contributed by atoms with E-state index >= 15 is 0 Å². The van der Waals surface area contributed by atoms with Gasteiger partial charge < -0.3 is 10.1 Å². The Kier molecular flexibility index (Phi) is 2.89. The molecule has 0 bridgehead atoms. The van der Waals surface area contributed by atoms with Crippen LogP contribution >= 0.6 is 15.9 Å². The van der Waals surface area contributed by atoms with Gasteiger partial charge in [-0.05, 0) is 61.8 Å². The third-order valence-electron chi connectivity index (χ3n) is 5.17. The number of ether oxygens (including phenoxy) is 1. The van der Waals surface area contributed by atoms with Gasteiger partial charge >= 0.3 is 0 Å². The van der Waals surface area contributed by atoms with E-state index in [9.17, 15) is 0 Å². The molecule has 1 aromatic rings. The zero-order valence-electron chi connectivity index (χ0n) is 11.3. The average Bonchev–Trinajstić information content (AvgIpc) is 2.82. The van der Waals surface area contributed by atoms with E-state index in [1.54, 1.807) is 0 Å². The topological polar surface area (TPSA) is 21.3 Å². The summed E-state index contributed by atoms with van der Waals surface area (Å²) in [5, 5.41) is 3.56. The second-order valence-corrected chi connectivity index (χ2v) is 7.25. The minimum Gasteiger partial charge on any atom is -0.493 e. The second-order valence-electron chi connectivity index (χ2n) is 6.34. The molecule has 2 nitrogen and oxygen atoms in total. The van der Waals surface area contributed by atoms with Gasteiger partial charge in [-0.1, -0.05) is 15.9 Å². The van der Waals surface area contributed by atoms with E-state index in [1.807, 2.05) is 0 Å². The lowest BCUT2D eigenvalue weighted by molar-refractivity contribution is 0.324. The standard InChI is InChI=1S/C16H20BrNO/c1-18-15(12-5-10-4-11(10)6-12)14-8-13(17)7-9-2-3-19-16(9)14/h7-8,10-12,15,18H,2-6H2,1H3. The van der Waals surface area contributed by atoms with Crippen molar-refractivity contribution < 1.29 is 4.74 Å². The molecule has 3 aliphatic rings. The monoisotopic (exact) mass is 321 g/mol. The second kappa shape index (κ2) is 4.49. The number of hydrogen-bond acceptors (Lipinski definition) is 2. The van der Waals surface area contributed by atoms with Crippen molar-refractivity contribution in [1.82, 2.24) is 5.32 Å². The molecular formula is C16H20BrNO. The molecule has 2 saturated carbocycles. The first-order valence-electron chi connectivity index (χ1n) is 7.38. The summed E-state index contributed by atoms with van der Waals surface area (Å²) in [7, 11) is 2.09. The molecule has 2 fully saturated rings. The van der Waals surface area contributed by atoms with Gasteiger partial charge in [-0.15, -0.1) is 0 Å². The number of halogens is 1. The number of fused-ring (bicyclic) bond motifs is 2. The normalized spacial score (nSPS) is 32.6. The lowest BCUT2D eigenvalue weighted by Gasteiger charge is -2.26. The van der Waals surface area contributed by atoms with Gasteiger partial charge in [-0.25, -0.2) is 0 Å². The van der Waals surface area contributed by atoms with Crippen LogP contribution < -0.4 is 10.1 Å². The van der Waals surface area contributed by atoms with Gasteiger partial charge in [0, 0.05) is 22.5 Å². The number of rotatable bonds is 3. The first-order chi connectivity index (χ1) is 9.26. The van der Waals surface area contributed by atoms with Crippen molar-refractivity contribution in [3.63, 3.8) is 0 Å². The molecule has 1 aromatic carbocycles. The third-order valence-corrected chi connectivity index (χ3v) is 5.63. The Morgan fingerprint density at radius 2 is 2.05 bits per heavy atom. The molecular weight excluding hydrogens is 302 g/mol. The fourth-order valence-electron chi connectivity index (χ4n) is 4.21. The molecule has 3 unspecified atom stereocenters. The van der Waals surface area contributed by atoms with Gasteiger partial charge in [0.15, 0.2) is 0 Å². The van der Waals surface area contributed by atoms with Crippen LogP contribution in [0.2, 0.25) is 0 Å². The molecule has 19 heavy (non-hydrogen) atoms. The molecule has 3 atom stereocenters. The van der Waals surface area contributed by atoms with E-state index < -0.39 is 0 Å². The molecule has 1 heterocycles. The highest BCUT2D eigenvalue weighted by atomic mass is 79.9. The predicted molar refractivity (Wildman–Crippen MR) is 79.5 cm³/mol. The molecule has 3 heteroatoms. The molecule has 0 amide bonds. The van der Waals surface area contributed by atoms with Gasteiger partial charge in [-0.2, -0.15) is 0 Å². The molecule has 1 N–H and O–H groups in total. The molecule has 1 aliphatic heterocycles. The molecule has 0 radical (unpaired) electrons. The van der Waals surface area contributed by atoms with Gasteiger partial charge in [0.1, 0.15) is 5.75 Å². The van der Waals surface area contributed by atoms with Crippen LogP contribution in [0.5, 0.6) is 5.75 Å². The van der Waals surface area contributed by atoms with Crippen LogP contribution in [0.1, 0.15) is 36.4 Å². The average molecular weight is 322 g/mol. The first kappa shape index (κ1) is 12.2. The van der Waals surface area contributed by atoms with Crippen molar-refractivity contribution in [2.45, 2.75) is 31.7 Å². The van der Waals surface area contributed by atoms with E-state index in [2.05, 4.69) is 40.4 Å². The van der Waals surface area contributed by atoms with Crippen molar-refractivity contribution in [3.8, 4) is 5.75 Å². The summed E-state index contributed by atoms with van der Waals surface area (Å²) in [6, 6.07) is 4.93. The molecule has 0 spiro atoms. The summed E-state index contributed by atoms with van der Waals surface area (Å²) in [6.07, 6.45) is 5.34. The summed E-state index contributed by atoms with van der Waals surface area (Å²) < 4.78 is 7.09.